The summed E-state index contributed by atoms with van der Waals surface area (Å²) in [6, 6.07) is 11.4. The quantitative estimate of drug-likeness (QED) is 0.851. The van der Waals surface area contributed by atoms with Gasteiger partial charge >= 0.3 is 7.12 Å². The number of aromatic nitrogens is 1. The fourth-order valence-electron chi connectivity index (χ4n) is 2.48. The maximum absolute atomic E-state index is 9.06. The predicted molar refractivity (Wildman–Crippen MR) is 87.0 cm³/mol. The molecule has 3 rings (SSSR count). The van der Waals surface area contributed by atoms with Gasteiger partial charge in [0.25, 0.3) is 0 Å². The number of rotatable bonds is 5. The molecule has 0 atom stereocenters. The average Bonchev–Trinajstić information content (AvgIpc) is 2.98. The van der Waals surface area contributed by atoms with Crippen molar-refractivity contribution in [2.75, 3.05) is 19.0 Å². The molecule has 0 amide bonds. The first-order chi connectivity index (χ1) is 11.2. The van der Waals surface area contributed by atoms with Gasteiger partial charge in [0.05, 0.1) is 13.2 Å². The van der Waals surface area contributed by atoms with Crippen LogP contribution < -0.4 is 15.5 Å². The molecule has 1 N–H and O–H groups in total. The molecule has 2 aromatic rings. The predicted octanol–water partition coefficient (Wildman–Crippen LogP) is 1.97. The van der Waals surface area contributed by atoms with Crippen molar-refractivity contribution in [3.8, 4) is 11.9 Å². The summed E-state index contributed by atoms with van der Waals surface area (Å²) in [7, 11) is 1.33. The summed E-state index contributed by atoms with van der Waals surface area (Å²) in [5.74, 6) is 0.957. The lowest BCUT2D eigenvalue weighted by atomic mass is 9.79. The molecule has 0 aliphatic carbocycles. The zero-order valence-electron chi connectivity index (χ0n) is 13.0. The van der Waals surface area contributed by atoms with E-state index in [-0.39, 0.29) is 7.12 Å². The Labute approximate surface area is 135 Å². The smallest absolute Gasteiger partial charge is 0.477 e. The van der Waals surface area contributed by atoms with Crippen LogP contribution in [0.3, 0.4) is 0 Å². The molecule has 0 spiro atoms. The van der Waals surface area contributed by atoms with Crippen LogP contribution >= 0.6 is 0 Å². The zero-order valence-corrected chi connectivity index (χ0v) is 13.0. The van der Waals surface area contributed by atoms with Gasteiger partial charge in [-0.15, -0.1) is 0 Å². The highest BCUT2D eigenvalue weighted by atomic mass is 16.6. The SMILES string of the molecule is CCOc1nc(Nc2ccc3c(c2)COB3OC)ccc1C#N. The molecule has 0 saturated carbocycles. The molecule has 0 fully saturated rings. The highest BCUT2D eigenvalue weighted by molar-refractivity contribution is 6.62. The van der Waals surface area contributed by atoms with Gasteiger partial charge in [-0.05, 0) is 42.2 Å². The van der Waals surface area contributed by atoms with E-state index in [1.54, 1.807) is 19.2 Å². The van der Waals surface area contributed by atoms with Gasteiger partial charge in [0.1, 0.15) is 17.5 Å². The first kappa shape index (κ1) is 15.3. The third kappa shape index (κ3) is 3.14. The minimum absolute atomic E-state index is 0.295. The molecule has 7 heteroatoms. The highest BCUT2D eigenvalue weighted by Gasteiger charge is 2.29. The molecule has 0 radical (unpaired) electrons. The van der Waals surface area contributed by atoms with Gasteiger partial charge in [0, 0.05) is 12.8 Å². The zero-order chi connectivity index (χ0) is 16.2. The molecular weight excluding hydrogens is 293 g/mol. The van der Waals surface area contributed by atoms with E-state index in [1.807, 2.05) is 25.1 Å². The number of hydrogen-bond donors (Lipinski definition) is 1. The lowest BCUT2D eigenvalue weighted by Crippen LogP contribution is -2.30. The normalized spacial score (nSPS) is 12.7. The van der Waals surface area contributed by atoms with Crippen LogP contribution in [0.1, 0.15) is 18.1 Å². The average molecular weight is 309 g/mol. The Bertz CT molecular complexity index is 761. The van der Waals surface area contributed by atoms with Crippen LogP contribution in [-0.2, 0) is 15.9 Å². The van der Waals surface area contributed by atoms with Crippen LogP contribution in [0.15, 0.2) is 30.3 Å². The Hall–Kier alpha value is -2.56. The number of benzene rings is 1. The second-order valence-corrected chi connectivity index (χ2v) is 5.01. The summed E-state index contributed by atoms with van der Waals surface area (Å²) in [6.45, 7) is 2.84. The van der Waals surface area contributed by atoms with Crippen LogP contribution in [0.4, 0.5) is 11.5 Å². The minimum Gasteiger partial charge on any atom is -0.477 e. The van der Waals surface area contributed by atoms with Crippen molar-refractivity contribution in [3.05, 3.63) is 41.5 Å². The first-order valence-electron chi connectivity index (χ1n) is 7.33. The Morgan fingerprint density at radius 2 is 2.26 bits per heavy atom. The molecule has 0 saturated heterocycles. The van der Waals surface area contributed by atoms with E-state index in [0.717, 1.165) is 16.7 Å². The van der Waals surface area contributed by atoms with Crippen molar-refractivity contribution in [2.24, 2.45) is 0 Å². The molecule has 0 unspecified atom stereocenters. The lowest BCUT2D eigenvalue weighted by molar-refractivity contribution is 0.246. The molecule has 116 valence electrons. The van der Waals surface area contributed by atoms with Gasteiger partial charge in [-0.3, -0.25) is 0 Å². The maximum atomic E-state index is 9.06. The number of anilines is 2. The van der Waals surface area contributed by atoms with E-state index in [2.05, 4.69) is 16.4 Å². The molecule has 1 aromatic heterocycles. The number of nitrogens with zero attached hydrogens (tertiary/aromatic N) is 2. The number of hydrogen-bond acceptors (Lipinski definition) is 6. The van der Waals surface area contributed by atoms with Crippen molar-refractivity contribution in [1.82, 2.24) is 4.98 Å². The van der Waals surface area contributed by atoms with Gasteiger partial charge in [0.15, 0.2) is 0 Å². The highest BCUT2D eigenvalue weighted by Crippen LogP contribution is 2.23. The largest absolute Gasteiger partial charge is 0.494 e. The van der Waals surface area contributed by atoms with Crippen LogP contribution in [0.5, 0.6) is 5.88 Å². The molecule has 1 aliphatic heterocycles. The summed E-state index contributed by atoms with van der Waals surface area (Å²) in [5, 5.41) is 12.3. The van der Waals surface area contributed by atoms with Gasteiger partial charge < -0.3 is 19.4 Å². The third-order valence-corrected chi connectivity index (χ3v) is 3.54. The van der Waals surface area contributed by atoms with Crippen LogP contribution in [0.25, 0.3) is 0 Å². The molecule has 2 heterocycles. The Kier molecular flexibility index (Phi) is 4.46. The van der Waals surface area contributed by atoms with E-state index < -0.39 is 0 Å². The van der Waals surface area contributed by atoms with E-state index in [4.69, 9.17) is 19.3 Å². The fraction of sp³-hybridized carbons (Fsp3) is 0.250. The summed E-state index contributed by atoms with van der Waals surface area (Å²) >= 11 is 0. The topological polar surface area (TPSA) is 76.4 Å². The van der Waals surface area contributed by atoms with E-state index >= 15 is 0 Å². The van der Waals surface area contributed by atoms with Crippen molar-refractivity contribution in [2.45, 2.75) is 13.5 Å². The summed E-state index contributed by atoms with van der Waals surface area (Å²) in [6.07, 6.45) is 0. The summed E-state index contributed by atoms with van der Waals surface area (Å²) in [4.78, 5) is 4.34. The second kappa shape index (κ2) is 6.69. The fourth-order valence-corrected chi connectivity index (χ4v) is 2.48. The lowest BCUT2D eigenvalue weighted by Gasteiger charge is -2.10. The third-order valence-electron chi connectivity index (χ3n) is 3.54. The molecular formula is C16H16BN3O3. The molecule has 0 bridgehead atoms. The van der Waals surface area contributed by atoms with Crippen molar-refractivity contribution in [3.63, 3.8) is 0 Å². The minimum atomic E-state index is -0.295. The maximum Gasteiger partial charge on any atom is 0.494 e. The Morgan fingerprint density at radius 1 is 1.39 bits per heavy atom. The second-order valence-electron chi connectivity index (χ2n) is 5.01. The van der Waals surface area contributed by atoms with Crippen molar-refractivity contribution < 1.29 is 14.0 Å². The Balaban J connectivity index is 1.83. The number of nitriles is 1. The van der Waals surface area contributed by atoms with Gasteiger partial charge in [0.2, 0.25) is 5.88 Å². The monoisotopic (exact) mass is 309 g/mol. The van der Waals surface area contributed by atoms with E-state index in [0.29, 0.717) is 30.5 Å². The molecule has 1 aliphatic rings. The number of fused-ring (bicyclic) bond motifs is 1. The van der Waals surface area contributed by atoms with Crippen LogP contribution in [0.2, 0.25) is 0 Å². The standard InChI is InChI=1S/C16H16BN3O3/c1-3-22-16-11(9-18)4-7-15(20-16)19-13-5-6-14-12(8-13)10-23-17(14)21-2/h4-8H,3,10H2,1-2H3,(H,19,20). The molecule has 23 heavy (non-hydrogen) atoms. The van der Waals surface area contributed by atoms with Crippen LogP contribution in [0, 0.1) is 11.3 Å². The number of nitrogens with one attached hydrogen (secondary N) is 1. The summed E-state index contributed by atoms with van der Waals surface area (Å²) < 4.78 is 16.2. The van der Waals surface area contributed by atoms with Crippen molar-refractivity contribution >= 4 is 24.1 Å². The van der Waals surface area contributed by atoms with Crippen LogP contribution in [-0.4, -0.2) is 25.8 Å². The van der Waals surface area contributed by atoms with E-state index in [1.165, 1.54) is 0 Å². The first-order valence-corrected chi connectivity index (χ1v) is 7.33. The molecule has 6 nitrogen and oxygen atoms in total. The number of pyridine rings is 1. The van der Waals surface area contributed by atoms with Gasteiger partial charge in [-0.2, -0.15) is 10.2 Å². The Morgan fingerprint density at radius 3 is 3.00 bits per heavy atom. The van der Waals surface area contributed by atoms with Gasteiger partial charge in [-0.25, -0.2) is 0 Å². The van der Waals surface area contributed by atoms with Crippen molar-refractivity contribution in [1.29, 1.82) is 5.26 Å². The van der Waals surface area contributed by atoms with E-state index in [9.17, 15) is 0 Å². The van der Waals surface area contributed by atoms with Gasteiger partial charge in [-0.1, -0.05) is 6.07 Å². The number of ether oxygens (including phenoxy) is 1. The molecule has 1 aromatic carbocycles. The summed E-state index contributed by atoms with van der Waals surface area (Å²) in [5.41, 5.74) is 3.44.